The van der Waals surface area contributed by atoms with Gasteiger partial charge < -0.3 is 10.2 Å². The lowest BCUT2D eigenvalue weighted by atomic mass is 10.4. The second-order valence-electron chi connectivity index (χ2n) is 4.38. The molecule has 1 N–H and O–H groups in total. The molecule has 1 aliphatic rings. The molecule has 0 aliphatic carbocycles. The second kappa shape index (κ2) is 7.20. The van der Waals surface area contributed by atoms with Crippen molar-refractivity contribution in [2.24, 2.45) is 0 Å². The fourth-order valence-corrected chi connectivity index (χ4v) is 3.23. The Balaban J connectivity index is 1.94. The van der Waals surface area contributed by atoms with E-state index in [-0.39, 0.29) is 24.1 Å². The largest absolute Gasteiger partial charge is 0.354 e. The van der Waals surface area contributed by atoms with Crippen molar-refractivity contribution in [3.63, 3.8) is 0 Å². The lowest BCUT2D eigenvalue weighted by Gasteiger charge is -2.18. The summed E-state index contributed by atoms with van der Waals surface area (Å²) in [4.78, 5) is 25.9. The first-order valence-electron chi connectivity index (χ1n) is 6.18. The molecule has 0 radical (unpaired) electrons. The van der Waals surface area contributed by atoms with Crippen molar-refractivity contribution in [2.75, 3.05) is 25.4 Å². The topological polar surface area (TPSA) is 49.4 Å². The molecule has 20 heavy (non-hydrogen) atoms. The maximum absolute atomic E-state index is 12.1. The number of halogens is 2. The van der Waals surface area contributed by atoms with E-state index < -0.39 is 0 Å². The van der Waals surface area contributed by atoms with Crippen LogP contribution >= 0.6 is 35.0 Å². The minimum atomic E-state index is -0.110. The Morgan fingerprint density at radius 3 is 3.00 bits per heavy atom. The number of benzene rings is 1. The van der Waals surface area contributed by atoms with Crippen molar-refractivity contribution in [2.45, 2.75) is 11.3 Å². The Kier molecular flexibility index (Phi) is 5.57. The molecule has 1 fully saturated rings. The van der Waals surface area contributed by atoms with E-state index in [0.29, 0.717) is 23.1 Å². The summed E-state index contributed by atoms with van der Waals surface area (Å²) >= 11 is 13.3. The summed E-state index contributed by atoms with van der Waals surface area (Å²) in [6.45, 7) is 1.35. The zero-order valence-electron chi connectivity index (χ0n) is 10.7. The van der Waals surface area contributed by atoms with Gasteiger partial charge in [-0.15, -0.1) is 11.8 Å². The van der Waals surface area contributed by atoms with Crippen LogP contribution in [-0.4, -0.2) is 42.1 Å². The zero-order valence-corrected chi connectivity index (χ0v) is 13.0. The van der Waals surface area contributed by atoms with E-state index >= 15 is 0 Å². The molecule has 7 heteroatoms. The second-order valence-corrected chi connectivity index (χ2v) is 6.24. The summed E-state index contributed by atoms with van der Waals surface area (Å²) in [6.07, 6.45) is 0.778. The lowest BCUT2D eigenvalue weighted by molar-refractivity contribution is -0.133. The summed E-state index contributed by atoms with van der Waals surface area (Å²) in [5, 5.41) is 3.89. The van der Waals surface area contributed by atoms with Gasteiger partial charge in [0.15, 0.2) is 0 Å². The molecular formula is C13H14Cl2N2O2S. The van der Waals surface area contributed by atoms with Gasteiger partial charge in [-0.1, -0.05) is 23.2 Å². The van der Waals surface area contributed by atoms with Crippen LogP contribution < -0.4 is 5.32 Å². The van der Waals surface area contributed by atoms with Crippen LogP contribution in [0.1, 0.15) is 6.42 Å². The SMILES string of the molecule is O=C1CN(C(=O)CSc2cc(Cl)ccc2Cl)CCCN1. The molecule has 1 aromatic carbocycles. The van der Waals surface area contributed by atoms with E-state index in [1.165, 1.54) is 11.8 Å². The van der Waals surface area contributed by atoms with Gasteiger partial charge in [-0.3, -0.25) is 9.59 Å². The van der Waals surface area contributed by atoms with Crippen LogP contribution in [0.3, 0.4) is 0 Å². The average Bonchev–Trinajstić information content (AvgIpc) is 2.64. The highest BCUT2D eigenvalue weighted by Crippen LogP contribution is 2.29. The Morgan fingerprint density at radius 1 is 1.40 bits per heavy atom. The molecular weight excluding hydrogens is 319 g/mol. The molecule has 0 saturated carbocycles. The third-order valence-electron chi connectivity index (χ3n) is 2.86. The predicted octanol–water partition coefficient (Wildman–Crippen LogP) is 2.43. The molecule has 0 bridgehead atoms. The molecule has 0 aromatic heterocycles. The van der Waals surface area contributed by atoms with Crippen LogP contribution in [0, 0.1) is 0 Å². The fourth-order valence-electron chi connectivity index (χ4n) is 1.84. The summed E-state index contributed by atoms with van der Waals surface area (Å²) < 4.78 is 0. The quantitative estimate of drug-likeness (QED) is 0.865. The lowest BCUT2D eigenvalue weighted by Crippen LogP contribution is -2.38. The molecule has 108 valence electrons. The number of hydrogen-bond donors (Lipinski definition) is 1. The fraction of sp³-hybridized carbons (Fsp3) is 0.385. The monoisotopic (exact) mass is 332 g/mol. The molecule has 2 amide bonds. The van der Waals surface area contributed by atoms with E-state index in [9.17, 15) is 9.59 Å². The third-order valence-corrected chi connectivity index (χ3v) is 4.58. The number of hydrogen-bond acceptors (Lipinski definition) is 3. The van der Waals surface area contributed by atoms with Gasteiger partial charge in [-0.25, -0.2) is 0 Å². The average molecular weight is 333 g/mol. The smallest absolute Gasteiger partial charge is 0.239 e. The summed E-state index contributed by atoms with van der Waals surface area (Å²) in [5.74, 6) is 0.0672. The van der Waals surface area contributed by atoms with Crippen LogP contribution in [0.25, 0.3) is 0 Å². The van der Waals surface area contributed by atoms with E-state index in [2.05, 4.69) is 5.32 Å². The highest BCUT2D eigenvalue weighted by Gasteiger charge is 2.19. The van der Waals surface area contributed by atoms with Gasteiger partial charge in [0.25, 0.3) is 0 Å². The van der Waals surface area contributed by atoms with Gasteiger partial charge >= 0.3 is 0 Å². The number of carbonyl (C=O) groups excluding carboxylic acids is 2. The van der Waals surface area contributed by atoms with Crippen molar-refractivity contribution < 1.29 is 9.59 Å². The first kappa shape index (κ1) is 15.5. The van der Waals surface area contributed by atoms with Crippen LogP contribution in [0.2, 0.25) is 10.0 Å². The minimum Gasteiger partial charge on any atom is -0.354 e. The number of nitrogens with one attached hydrogen (secondary N) is 1. The Bertz CT molecular complexity index is 525. The van der Waals surface area contributed by atoms with E-state index in [1.54, 1.807) is 23.1 Å². The van der Waals surface area contributed by atoms with E-state index in [0.717, 1.165) is 11.3 Å². The third kappa shape index (κ3) is 4.30. The van der Waals surface area contributed by atoms with Gasteiger partial charge in [0, 0.05) is 23.0 Å². The van der Waals surface area contributed by atoms with Crippen molar-refractivity contribution >= 4 is 46.8 Å². The summed E-state index contributed by atoms with van der Waals surface area (Å²) in [7, 11) is 0. The predicted molar refractivity (Wildman–Crippen MR) is 81.4 cm³/mol. The van der Waals surface area contributed by atoms with Gasteiger partial charge in [-0.2, -0.15) is 0 Å². The molecule has 1 heterocycles. The molecule has 0 atom stereocenters. The molecule has 1 aliphatic heterocycles. The van der Waals surface area contributed by atoms with Crippen molar-refractivity contribution in [1.29, 1.82) is 0 Å². The number of rotatable bonds is 3. The van der Waals surface area contributed by atoms with Crippen LogP contribution in [0.5, 0.6) is 0 Å². The molecule has 1 aromatic rings. The Morgan fingerprint density at radius 2 is 2.20 bits per heavy atom. The highest BCUT2D eigenvalue weighted by atomic mass is 35.5. The van der Waals surface area contributed by atoms with Gasteiger partial charge in [0.05, 0.1) is 17.3 Å². The number of nitrogens with zero attached hydrogens (tertiary/aromatic N) is 1. The van der Waals surface area contributed by atoms with Crippen molar-refractivity contribution in [3.05, 3.63) is 28.2 Å². The summed E-state index contributed by atoms with van der Waals surface area (Å²) in [6, 6.07) is 5.14. The zero-order chi connectivity index (χ0) is 14.5. The van der Waals surface area contributed by atoms with Crippen molar-refractivity contribution in [3.8, 4) is 0 Å². The standard InChI is InChI=1S/C13H14Cl2N2O2S/c14-9-2-3-10(15)11(6-9)20-8-13(19)17-5-1-4-16-12(18)7-17/h2-3,6H,1,4-5,7-8H2,(H,16,18). The van der Waals surface area contributed by atoms with Crippen molar-refractivity contribution in [1.82, 2.24) is 10.2 Å². The molecule has 4 nitrogen and oxygen atoms in total. The minimum absolute atomic E-state index is 0.0666. The van der Waals surface area contributed by atoms with Crippen LogP contribution in [0.15, 0.2) is 23.1 Å². The van der Waals surface area contributed by atoms with Crippen LogP contribution in [-0.2, 0) is 9.59 Å². The number of carbonyl (C=O) groups is 2. The molecule has 0 unspecified atom stereocenters. The van der Waals surface area contributed by atoms with Crippen LogP contribution in [0.4, 0.5) is 0 Å². The molecule has 2 rings (SSSR count). The number of thioether (sulfide) groups is 1. The first-order chi connectivity index (χ1) is 9.56. The summed E-state index contributed by atoms with van der Waals surface area (Å²) in [5.41, 5.74) is 0. The maximum Gasteiger partial charge on any atom is 0.239 e. The van der Waals surface area contributed by atoms with Gasteiger partial charge in [0.1, 0.15) is 0 Å². The van der Waals surface area contributed by atoms with Gasteiger partial charge in [-0.05, 0) is 24.6 Å². The maximum atomic E-state index is 12.1. The highest BCUT2D eigenvalue weighted by molar-refractivity contribution is 8.00. The Hall–Kier alpha value is -0.910. The molecule has 1 saturated heterocycles. The van der Waals surface area contributed by atoms with E-state index in [1.807, 2.05) is 0 Å². The normalized spacial score (nSPS) is 15.7. The Labute approximate surface area is 131 Å². The molecule has 0 spiro atoms. The van der Waals surface area contributed by atoms with E-state index in [4.69, 9.17) is 23.2 Å². The number of amides is 2. The first-order valence-corrected chi connectivity index (χ1v) is 7.93. The van der Waals surface area contributed by atoms with Gasteiger partial charge in [0.2, 0.25) is 11.8 Å².